The Morgan fingerprint density at radius 1 is 0.806 bits per heavy atom. The number of methoxy groups -OCH3 is 1. The van der Waals surface area contributed by atoms with Crippen molar-refractivity contribution in [2.75, 3.05) is 25.1 Å². The van der Waals surface area contributed by atoms with Crippen LogP contribution in [-0.2, 0) is 0 Å². The van der Waals surface area contributed by atoms with Gasteiger partial charge in [-0.05, 0) is 48.6 Å². The Kier molecular flexibility index (Phi) is 7.17. The van der Waals surface area contributed by atoms with Crippen LogP contribution < -0.4 is 9.64 Å². The lowest BCUT2D eigenvalue weighted by Gasteiger charge is -2.29. The number of carbonyl (C=O) groups is 1. The van der Waals surface area contributed by atoms with E-state index in [0.717, 1.165) is 53.9 Å². The SMILES string of the molecule is COc1ccc(/C=C/C(=O)c2c(N3CCCCC3)nnc(-c3ccccc3)c2-c2ccccc2)cc1. The highest BCUT2D eigenvalue weighted by atomic mass is 16.5. The Balaban J connectivity index is 1.68. The van der Waals surface area contributed by atoms with Crippen LogP contribution in [0.15, 0.2) is 91.0 Å². The number of aromatic nitrogens is 2. The monoisotopic (exact) mass is 475 g/mol. The maximum atomic E-state index is 14.0. The summed E-state index contributed by atoms with van der Waals surface area (Å²) in [6.07, 6.45) is 6.85. The zero-order chi connectivity index (χ0) is 24.7. The molecule has 5 nitrogen and oxygen atoms in total. The summed E-state index contributed by atoms with van der Waals surface area (Å²) in [5, 5.41) is 9.37. The van der Waals surface area contributed by atoms with Crippen LogP contribution in [0.5, 0.6) is 5.75 Å². The van der Waals surface area contributed by atoms with Crippen LogP contribution in [0.1, 0.15) is 35.2 Å². The lowest BCUT2D eigenvalue weighted by atomic mass is 9.92. The van der Waals surface area contributed by atoms with Gasteiger partial charge in [0, 0.05) is 24.2 Å². The van der Waals surface area contributed by atoms with Gasteiger partial charge >= 0.3 is 0 Å². The minimum Gasteiger partial charge on any atom is -0.497 e. The van der Waals surface area contributed by atoms with E-state index in [2.05, 4.69) is 10.00 Å². The van der Waals surface area contributed by atoms with Gasteiger partial charge in [-0.15, -0.1) is 10.2 Å². The van der Waals surface area contributed by atoms with Crippen LogP contribution in [0, 0.1) is 0 Å². The molecular formula is C31H29N3O2. The number of benzene rings is 3. The number of ketones is 1. The molecule has 1 saturated heterocycles. The van der Waals surface area contributed by atoms with Crippen molar-refractivity contribution in [1.82, 2.24) is 10.2 Å². The summed E-state index contributed by atoms with van der Waals surface area (Å²) in [5.74, 6) is 1.36. The van der Waals surface area contributed by atoms with Crippen LogP contribution >= 0.6 is 0 Å². The van der Waals surface area contributed by atoms with Gasteiger partial charge in [0.25, 0.3) is 0 Å². The van der Waals surface area contributed by atoms with E-state index >= 15 is 0 Å². The second kappa shape index (κ2) is 11.0. The normalized spacial score (nSPS) is 13.6. The highest BCUT2D eigenvalue weighted by molar-refractivity contribution is 6.15. The highest BCUT2D eigenvalue weighted by Crippen LogP contribution is 2.38. The second-order valence-electron chi connectivity index (χ2n) is 8.87. The summed E-state index contributed by atoms with van der Waals surface area (Å²) in [6.45, 7) is 1.74. The molecule has 0 unspecified atom stereocenters. The minimum absolute atomic E-state index is 0.0858. The van der Waals surface area contributed by atoms with Gasteiger partial charge in [0.2, 0.25) is 0 Å². The highest BCUT2D eigenvalue weighted by Gasteiger charge is 2.27. The number of hydrogen-bond donors (Lipinski definition) is 0. The molecule has 0 atom stereocenters. The fraction of sp³-hybridized carbons (Fsp3) is 0.194. The molecule has 1 fully saturated rings. The number of carbonyl (C=O) groups excluding carboxylic acids is 1. The van der Waals surface area contributed by atoms with Crippen LogP contribution in [0.25, 0.3) is 28.5 Å². The molecule has 0 spiro atoms. The Morgan fingerprint density at radius 3 is 2.08 bits per heavy atom. The lowest BCUT2D eigenvalue weighted by molar-refractivity contribution is 0.104. The number of allylic oxidation sites excluding steroid dienone is 1. The first-order chi connectivity index (χ1) is 17.7. The third-order valence-corrected chi connectivity index (χ3v) is 6.51. The Morgan fingerprint density at radius 2 is 1.44 bits per heavy atom. The molecule has 4 aromatic rings. The summed E-state index contributed by atoms with van der Waals surface area (Å²) < 4.78 is 5.26. The van der Waals surface area contributed by atoms with E-state index in [1.165, 1.54) is 6.42 Å². The predicted octanol–water partition coefficient (Wildman–Crippen LogP) is 6.71. The van der Waals surface area contributed by atoms with E-state index in [0.29, 0.717) is 17.1 Å². The molecular weight excluding hydrogens is 446 g/mol. The maximum absolute atomic E-state index is 14.0. The molecule has 0 radical (unpaired) electrons. The van der Waals surface area contributed by atoms with Gasteiger partial charge in [-0.1, -0.05) is 78.9 Å². The Bertz CT molecular complexity index is 1340. The van der Waals surface area contributed by atoms with E-state index in [1.54, 1.807) is 13.2 Å². The number of anilines is 1. The van der Waals surface area contributed by atoms with E-state index in [1.807, 2.05) is 91.0 Å². The molecule has 180 valence electrons. The fourth-order valence-electron chi connectivity index (χ4n) is 4.64. The summed E-state index contributed by atoms with van der Waals surface area (Å²) in [7, 11) is 1.64. The zero-order valence-corrected chi connectivity index (χ0v) is 20.4. The van der Waals surface area contributed by atoms with E-state index in [4.69, 9.17) is 9.84 Å². The topological polar surface area (TPSA) is 55.3 Å². The standard InChI is InChI=1S/C31H29N3O2/c1-36-26-18-15-23(16-19-26)17-20-27(35)29-28(24-11-5-2-6-12-24)30(25-13-7-3-8-14-25)32-33-31(29)34-21-9-4-10-22-34/h2-3,5-8,11-20H,4,9-10,21-22H2,1H3/b20-17+. The number of nitrogens with zero attached hydrogens (tertiary/aromatic N) is 3. The first-order valence-electron chi connectivity index (χ1n) is 12.4. The molecule has 36 heavy (non-hydrogen) atoms. The van der Waals surface area contributed by atoms with Crippen LogP contribution in [-0.4, -0.2) is 36.2 Å². The van der Waals surface area contributed by atoms with E-state index in [-0.39, 0.29) is 5.78 Å². The summed E-state index contributed by atoms with van der Waals surface area (Å²) >= 11 is 0. The van der Waals surface area contributed by atoms with Crippen molar-refractivity contribution in [1.29, 1.82) is 0 Å². The molecule has 0 N–H and O–H groups in total. The third-order valence-electron chi connectivity index (χ3n) is 6.51. The van der Waals surface area contributed by atoms with Crippen LogP contribution in [0.3, 0.4) is 0 Å². The van der Waals surface area contributed by atoms with Crippen molar-refractivity contribution in [2.24, 2.45) is 0 Å². The molecule has 0 aliphatic carbocycles. The zero-order valence-electron chi connectivity index (χ0n) is 20.4. The number of hydrogen-bond acceptors (Lipinski definition) is 5. The maximum Gasteiger partial charge on any atom is 0.190 e. The lowest BCUT2D eigenvalue weighted by Crippen LogP contribution is -2.32. The number of ether oxygens (including phenoxy) is 1. The second-order valence-corrected chi connectivity index (χ2v) is 8.87. The molecule has 0 bridgehead atoms. The molecule has 0 amide bonds. The molecule has 2 heterocycles. The number of rotatable bonds is 7. The van der Waals surface area contributed by atoms with E-state index < -0.39 is 0 Å². The fourth-order valence-corrected chi connectivity index (χ4v) is 4.64. The largest absolute Gasteiger partial charge is 0.497 e. The van der Waals surface area contributed by atoms with Crippen molar-refractivity contribution in [3.05, 3.63) is 102 Å². The van der Waals surface area contributed by atoms with Crippen LogP contribution in [0.4, 0.5) is 5.82 Å². The first-order valence-corrected chi connectivity index (χ1v) is 12.4. The summed E-state index contributed by atoms with van der Waals surface area (Å²) in [5.41, 5.74) is 4.94. The van der Waals surface area contributed by atoms with E-state index in [9.17, 15) is 4.79 Å². The van der Waals surface area contributed by atoms with Crippen LogP contribution in [0.2, 0.25) is 0 Å². The molecule has 1 aromatic heterocycles. The van der Waals surface area contributed by atoms with Gasteiger partial charge < -0.3 is 9.64 Å². The molecule has 1 aliphatic heterocycles. The molecule has 5 heteroatoms. The Labute approximate surface area is 212 Å². The third kappa shape index (κ3) is 5.05. The Hall–Kier alpha value is -4.25. The van der Waals surface area contributed by atoms with Crippen molar-refractivity contribution in [3.8, 4) is 28.1 Å². The van der Waals surface area contributed by atoms with Gasteiger partial charge in [0.15, 0.2) is 11.6 Å². The molecule has 5 rings (SSSR count). The molecule has 3 aromatic carbocycles. The first kappa shape index (κ1) is 23.5. The van der Waals surface area contributed by atoms with Gasteiger partial charge in [0.1, 0.15) is 11.4 Å². The van der Waals surface area contributed by atoms with Gasteiger partial charge in [0.05, 0.1) is 12.7 Å². The van der Waals surface area contributed by atoms with Gasteiger partial charge in [-0.3, -0.25) is 4.79 Å². The number of piperidine rings is 1. The molecule has 0 saturated carbocycles. The average molecular weight is 476 g/mol. The smallest absolute Gasteiger partial charge is 0.190 e. The van der Waals surface area contributed by atoms with Gasteiger partial charge in [-0.2, -0.15) is 0 Å². The van der Waals surface area contributed by atoms with Crippen molar-refractivity contribution >= 4 is 17.7 Å². The quantitative estimate of drug-likeness (QED) is 0.220. The average Bonchev–Trinajstić information content (AvgIpc) is 2.96. The predicted molar refractivity (Wildman–Crippen MR) is 145 cm³/mol. The van der Waals surface area contributed by atoms with Gasteiger partial charge in [-0.25, -0.2) is 0 Å². The van der Waals surface area contributed by atoms with Crippen molar-refractivity contribution in [3.63, 3.8) is 0 Å². The summed E-state index contributed by atoms with van der Waals surface area (Å²) in [4.78, 5) is 16.2. The summed E-state index contributed by atoms with van der Waals surface area (Å²) in [6, 6.07) is 27.7. The van der Waals surface area contributed by atoms with Crippen molar-refractivity contribution in [2.45, 2.75) is 19.3 Å². The minimum atomic E-state index is -0.0858. The van der Waals surface area contributed by atoms with Crippen molar-refractivity contribution < 1.29 is 9.53 Å². The molecule has 1 aliphatic rings.